The third kappa shape index (κ3) is 6.21. The number of hydrogen-bond donors (Lipinski definition) is 2. The van der Waals surface area contributed by atoms with Crippen molar-refractivity contribution in [1.29, 1.82) is 0 Å². The molecule has 5 rings (SSSR count). The molecule has 14 heteroatoms. The molecule has 1 spiro atoms. The molecule has 2 N–H and O–H groups in total. The van der Waals surface area contributed by atoms with Crippen LogP contribution < -0.4 is 20.3 Å². The molecule has 3 amide bonds. The van der Waals surface area contributed by atoms with Crippen molar-refractivity contribution in [3.63, 3.8) is 0 Å². The molecule has 3 aliphatic rings. The first-order chi connectivity index (χ1) is 18.5. The number of carbonyl (C=O) groups excluding carboxylic acids is 2. The Hall–Kier alpha value is -3.13. The number of nitrogens with one attached hydrogen (secondary N) is 2. The van der Waals surface area contributed by atoms with Crippen molar-refractivity contribution in [2.75, 3.05) is 50.5 Å². The molecular weight excluding hydrogens is 530 g/mol. The summed E-state index contributed by atoms with van der Waals surface area (Å²) in [4.78, 5) is 43.5. The van der Waals surface area contributed by atoms with Crippen LogP contribution in [0, 0.1) is 12.3 Å². The SMILES string of the molecule is Cc1cnc(NC(=O)N(C)[C@H]2CN(c3nccc(OC(=O)NC4CC5(CCN(C)CC5)C4)n3)CCC2(F)F)s1. The number of ether oxygens (including phenoxy) is 1. The Morgan fingerprint density at radius 2 is 1.92 bits per heavy atom. The monoisotopic (exact) mass is 564 g/mol. The van der Waals surface area contributed by atoms with E-state index in [9.17, 15) is 18.4 Å². The van der Waals surface area contributed by atoms with E-state index < -0.39 is 30.5 Å². The van der Waals surface area contributed by atoms with Gasteiger partial charge in [0.15, 0.2) is 5.13 Å². The minimum Gasteiger partial charge on any atom is -0.391 e. The van der Waals surface area contributed by atoms with Crippen LogP contribution in [0.15, 0.2) is 18.5 Å². The molecule has 4 heterocycles. The fourth-order valence-electron chi connectivity index (χ4n) is 5.63. The Morgan fingerprint density at radius 3 is 2.62 bits per heavy atom. The number of aromatic nitrogens is 3. The maximum atomic E-state index is 14.9. The quantitative estimate of drug-likeness (QED) is 0.566. The molecule has 0 aromatic carbocycles. The molecule has 0 unspecified atom stereocenters. The van der Waals surface area contributed by atoms with Gasteiger partial charge in [0, 0.05) is 55.9 Å². The van der Waals surface area contributed by atoms with Gasteiger partial charge in [-0.3, -0.25) is 5.32 Å². The van der Waals surface area contributed by atoms with Crippen LogP contribution in [0.3, 0.4) is 0 Å². The summed E-state index contributed by atoms with van der Waals surface area (Å²) in [5, 5.41) is 5.83. The third-order valence-corrected chi connectivity index (χ3v) is 8.87. The first-order valence-electron chi connectivity index (χ1n) is 13.1. The summed E-state index contributed by atoms with van der Waals surface area (Å²) in [6.07, 6.45) is 6.11. The summed E-state index contributed by atoms with van der Waals surface area (Å²) in [5.74, 6) is -2.92. The highest BCUT2D eigenvalue weighted by molar-refractivity contribution is 7.15. The number of nitrogens with zero attached hydrogens (tertiary/aromatic N) is 6. The van der Waals surface area contributed by atoms with E-state index in [1.807, 2.05) is 6.92 Å². The van der Waals surface area contributed by atoms with Crippen molar-refractivity contribution in [3.8, 4) is 5.88 Å². The highest BCUT2D eigenvalue weighted by atomic mass is 32.1. The van der Waals surface area contributed by atoms with Crippen LogP contribution in [0.1, 0.15) is 37.0 Å². The van der Waals surface area contributed by atoms with E-state index in [4.69, 9.17) is 4.74 Å². The van der Waals surface area contributed by atoms with E-state index in [0.717, 1.165) is 48.5 Å². The van der Waals surface area contributed by atoms with Crippen molar-refractivity contribution in [2.24, 2.45) is 5.41 Å². The molecule has 2 aliphatic heterocycles. The zero-order valence-electron chi connectivity index (χ0n) is 22.3. The zero-order valence-corrected chi connectivity index (χ0v) is 23.1. The van der Waals surface area contributed by atoms with Crippen LogP contribution >= 0.6 is 11.3 Å². The number of rotatable bonds is 5. The molecule has 11 nitrogen and oxygen atoms in total. The molecular formula is C25H34F2N8O3S. The summed E-state index contributed by atoms with van der Waals surface area (Å²) < 4.78 is 35.2. The molecule has 1 aliphatic carbocycles. The highest BCUT2D eigenvalue weighted by Gasteiger charge is 2.48. The van der Waals surface area contributed by atoms with Gasteiger partial charge in [-0.25, -0.2) is 28.3 Å². The second-order valence-electron chi connectivity index (χ2n) is 10.9. The number of aryl methyl sites for hydroxylation is 1. The van der Waals surface area contributed by atoms with Crippen molar-refractivity contribution in [1.82, 2.24) is 30.1 Å². The third-order valence-electron chi connectivity index (χ3n) is 8.04. The van der Waals surface area contributed by atoms with Gasteiger partial charge in [0.1, 0.15) is 6.04 Å². The molecule has 2 aromatic heterocycles. The Morgan fingerprint density at radius 1 is 1.18 bits per heavy atom. The fraction of sp³-hybridized carbons (Fsp3) is 0.640. The van der Waals surface area contributed by atoms with Gasteiger partial charge in [0.2, 0.25) is 11.8 Å². The number of hydrogen-bond acceptors (Lipinski definition) is 9. The Kier molecular flexibility index (Phi) is 7.60. The smallest absolute Gasteiger partial charge is 0.391 e. The predicted octanol–water partition coefficient (Wildman–Crippen LogP) is 3.58. The number of likely N-dealkylation sites (N-methyl/N-ethyl adjacent to an activating group) is 1. The first-order valence-corrected chi connectivity index (χ1v) is 13.9. The number of anilines is 2. The van der Waals surface area contributed by atoms with Crippen LogP contribution in [-0.4, -0.2) is 95.2 Å². The number of alkyl halides is 2. The molecule has 1 saturated carbocycles. The molecule has 1 atom stereocenters. The summed E-state index contributed by atoms with van der Waals surface area (Å²) in [6.45, 7) is 3.79. The Bertz CT molecular complexity index is 1200. The minimum absolute atomic E-state index is 0.0143. The molecule has 0 radical (unpaired) electrons. The average Bonchev–Trinajstić information content (AvgIpc) is 3.28. The van der Waals surface area contributed by atoms with Crippen LogP contribution in [-0.2, 0) is 0 Å². The number of halogens is 2. The van der Waals surface area contributed by atoms with Crippen molar-refractivity contribution >= 4 is 34.5 Å². The number of carbonyl (C=O) groups is 2. The molecule has 39 heavy (non-hydrogen) atoms. The zero-order chi connectivity index (χ0) is 27.8. The molecule has 2 saturated heterocycles. The van der Waals surface area contributed by atoms with Crippen LogP contribution in [0.25, 0.3) is 0 Å². The summed E-state index contributed by atoms with van der Waals surface area (Å²) >= 11 is 1.26. The van der Waals surface area contributed by atoms with E-state index in [-0.39, 0.29) is 31.0 Å². The van der Waals surface area contributed by atoms with Gasteiger partial charge in [0.05, 0.1) is 0 Å². The van der Waals surface area contributed by atoms with E-state index >= 15 is 0 Å². The van der Waals surface area contributed by atoms with Gasteiger partial charge in [-0.05, 0) is 58.2 Å². The Balaban J connectivity index is 1.17. The van der Waals surface area contributed by atoms with Gasteiger partial charge >= 0.3 is 12.1 Å². The van der Waals surface area contributed by atoms with E-state index in [2.05, 4.69) is 37.5 Å². The average molecular weight is 565 g/mol. The molecule has 0 bridgehead atoms. The standard InChI is InChI=1S/C25H34F2N8O3S/c1-16-14-29-21(39-16)32-22(36)34(3)18-15-35(11-7-25(18,26)27)20-28-8-4-19(31-20)38-23(37)30-17-12-24(13-17)5-9-33(2)10-6-24/h4,8,14,17-18H,5-7,9-13,15H2,1-3H3,(H,30,37)(H,29,32,36)/t18-/m0/s1. The summed E-state index contributed by atoms with van der Waals surface area (Å²) in [7, 11) is 3.46. The Labute approximate surface area is 229 Å². The molecule has 212 valence electrons. The van der Waals surface area contributed by atoms with Gasteiger partial charge in [-0.15, -0.1) is 11.3 Å². The fourth-order valence-corrected chi connectivity index (χ4v) is 6.28. The molecule has 3 fully saturated rings. The van der Waals surface area contributed by atoms with Crippen molar-refractivity contribution < 1.29 is 23.1 Å². The number of urea groups is 1. The van der Waals surface area contributed by atoms with Gasteiger partial charge in [0.25, 0.3) is 5.92 Å². The summed E-state index contributed by atoms with van der Waals surface area (Å²) in [6, 6.07) is -0.575. The second-order valence-corrected chi connectivity index (χ2v) is 12.2. The predicted molar refractivity (Wildman–Crippen MR) is 143 cm³/mol. The molecule has 2 aromatic rings. The second kappa shape index (κ2) is 10.8. The maximum absolute atomic E-state index is 14.9. The first kappa shape index (κ1) is 27.4. The number of amides is 3. The summed E-state index contributed by atoms with van der Waals surface area (Å²) in [5.41, 5.74) is 0.322. The van der Waals surface area contributed by atoms with E-state index in [1.165, 1.54) is 30.6 Å². The van der Waals surface area contributed by atoms with Crippen molar-refractivity contribution in [2.45, 2.75) is 57.0 Å². The highest BCUT2D eigenvalue weighted by Crippen LogP contribution is 2.48. The van der Waals surface area contributed by atoms with Gasteiger partial charge in [-0.1, -0.05) is 0 Å². The lowest BCUT2D eigenvalue weighted by Crippen LogP contribution is -2.60. The lowest BCUT2D eigenvalue weighted by atomic mass is 9.60. The lowest BCUT2D eigenvalue weighted by Gasteiger charge is -2.51. The van der Waals surface area contributed by atoms with Crippen molar-refractivity contribution in [3.05, 3.63) is 23.3 Å². The largest absolute Gasteiger partial charge is 0.414 e. The van der Waals surface area contributed by atoms with Crippen LogP contribution in [0.2, 0.25) is 0 Å². The van der Waals surface area contributed by atoms with Crippen LogP contribution in [0.4, 0.5) is 29.4 Å². The number of thiazole rings is 1. The maximum Gasteiger partial charge on any atom is 0.414 e. The van der Waals surface area contributed by atoms with E-state index in [0.29, 0.717) is 10.5 Å². The van der Waals surface area contributed by atoms with Crippen LogP contribution in [0.5, 0.6) is 5.88 Å². The normalized spacial score (nSPS) is 22.7. The van der Waals surface area contributed by atoms with Gasteiger partial charge < -0.3 is 24.8 Å². The topological polar surface area (TPSA) is 116 Å². The number of likely N-dealkylation sites (tertiary alicyclic amines) is 1. The minimum atomic E-state index is -3.11. The van der Waals surface area contributed by atoms with E-state index in [1.54, 1.807) is 11.1 Å². The van der Waals surface area contributed by atoms with Gasteiger partial charge in [-0.2, -0.15) is 4.98 Å². The lowest BCUT2D eigenvalue weighted by molar-refractivity contribution is -0.0760. The number of piperidine rings is 2.